The molecular weight excluding hydrogens is 627 g/mol. The van der Waals surface area contributed by atoms with Crippen molar-refractivity contribution in [2.24, 2.45) is 10.4 Å². The van der Waals surface area contributed by atoms with Crippen molar-refractivity contribution in [3.8, 4) is 11.1 Å². The first-order valence-corrected chi connectivity index (χ1v) is 16.6. The minimum atomic E-state index is -1.28. The van der Waals surface area contributed by atoms with Crippen molar-refractivity contribution in [1.82, 2.24) is 14.7 Å². The number of hydrogen-bond acceptors (Lipinski definition) is 8. The Bertz CT molecular complexity index is 1580. The van der Waals surface area contributed by atoms with Crippen LogP contribution in [0.3, 0.4) is 0 Å². The van der Waals surface area contributed by atoms with Gasteiger partial charge in [-0.3, -0.25) is 4.79 Å². The zero-order valence-corrected chi connectivity index (χ0v) is 26.5. The fraction of sp³-hybridized carbons (Fsp3) is 0.500. The third-order valence-corrected chi connectivity index (χ3v) is 11.4. The van der Waals surface area contributed by atoms with Crippen LogP contribution in [0.2, 0.25) is 5.02 Å². The molecule has 0 radical (unpaired) electrons. The predicted molar refractivity (Wildman–Crippen MR) is 168 cm³/mol. The Hall–Kier alpha value is -2.77. The highest BCUT2D eigenvalue weighted by molar-refractivity contribution is 7.99. The van der Waals surface area contributed by atoms with Crippen molar-refractivity contribution in [3.63, 3.8) is 0 Å². The third-order valence-electron chi connectivity index (χ3n) is 9.87. The van der Waals surface area contributed by atoms with E-state index in [1.165, 1.54) is 17.8 Å². The van der Waals surface area contributed by atoms with Gasteiger partial charge >= 0.3 is 0 Å². The van der Waals surface area contributed by atoms with Gasteiger partial charge < -0.3 is 29.4 Å². The van der Waals surface area contributed by atoms with Gasteiger partial charge in [0.1, 0.15) is 11.7 Å². The zero-order valence-electron chi connectivity index (χ0n) is 24.9. The predicted octanol–water partition coefficient (Wildman–Crippen LogP) is 4.57. The number of rotatable bonds is 4. The summed E-state index contributed by atoms with van der Waals surface area (Å²) in [5.41, 5.74) is 1.72. The Morgan fingerprint density at radius 3 is 2.53 bits per heavy atom. The molecule has 45 heavy (non-hydrogen) atoms. The summed E-state index contributed by atoms with van der Waals surface area (Å²) in [6, 6.07) is 2.79. The Kier molecular flexibility index (Phi) is 8.09. The molecule has 13 heteroatoms. The van der Waals surface area contributed by atoms with Crippen molar-refractivity contribution in [2.45, 2.75) is 43.1 Å². The Labute approximate surface area is 269 Å². The summed E-state index contributed by atoms with van der Waals surface area (Å²) in [7, 11) is 0. The molecule has 5 aliphatic rings. The summed E-state index contributed by atoms with van der Waals surface area (Å²) >= 11 is 8.36. The molecule has 0 aliphatic carbocycles. The molecule has 2 aromatic rings. The summed E-state index contributed by atoms with van der Waals surface area (Å²) in [5, 5.41) is 11.9. The molecule has 8 nitrogen and oxygen atoms in total. The molecule has 240 valence electrons. The van der Waals surface area contributed by atoms with Crippen molar-refractivity contribution < 1.29 is 27.8 Å². The van der Waals surface area contributed by atoms with E-state index in [4.69, 9.17) is 21.3 Å². The van der Waals surface area contributed by atoms with Crippen LogP contribution in [-0.4, -0.2) is 108 Å². The number of aliphatic hydroxyl groups is 1. The van der Waals surface area contributed by atoms with E-state index in [2.05, 4.69) is 16.4 Å². The van der Waals surface area contributed by atoms with Crippen LogP contribution in [0.4, 0.5) is 18.9 Å². The van der Waals surface area contributed by atoms with Crippen molar-refractivity contribution in [3.05, 3.63) is 58.9 Å². The number of nitrogens with zero attached hydrogens (tertiary/aromatic N) is 5. The highest BCUT2D eigenvalue weighted by Crippen LogP contribution is 2.52. The van der Waals surface area contributed by atoms with E-state index in [1.807, 2.05) is 11.8 Å². The minimum Gasteiger partial charge on any atom is -0.380 e. The van der Waals surface area contributed by atoms with E-state index in [1.54, 1.807) is 11.0 Å². The van der Waals surface area contributed by atoms with E-state index in [9.17, 15) is 18.7 Å². The van der Waals surface area contributed by atoms with Gasteiger partial charge in [-0.1, -0.05) is 18.2 Å². The molecule has 1 amide bonds. The largest absolute Gasteiger partial charge is 0.380 e. The normalized spacial score (nSPS) is 26.0. The fourth-order valence-corrected chi connectivity index (χ4v) is 9.00. The average Bonchev–Trinajstić information content (AvgIpc) is 3.00. The van der Waals surface area contributed by atoms with Gasteiger partial charge in [0.05, 0.1) is 30.0 Å². The first-order valence-electron chi connectivity index (χ1n) is 15.3. The SMILES string of the molecule is C=CC(=O)N1CCN(C2=NC(O)N3c4c2cc(Cl)c(-c2cc(F)c(F)cc2F)c4SC[C@@H]3CN2CCC3(CC2)COC3)[C@@H](C)C1. The van der Waals surface area contributed by atoms with Gasteiger partial charge in [-0.2, -0.15) is 0 Å². The molecule has 0 aromatic heterocycles. The van der Waals surface area contributed by atoms with E-state index >= 15 is 4.39 Å². The number of carbonyl (C=O) groups is 1. The molecule has 1 unspecified atom stereocenters. The molecule has 0 bridgehead atoms. The Morgan fingerprint density at radius 1 is 1.13 bits per heavy atom. The van der Waals surface area contributed by atoms with Crippen LogP contribution >= 0.6 is 23.4 Å². The number of piperidine rings is 1. The van der Waals surface area contributed by atoms with E-state index in [0.717, 1.165) is 45.2 Å². The van der Waals surface area contributed by atoms with E-state index in [-0.39, 0.29) is 34.1 Å². The molecule has 3 fully saturated rings. The van der Waals surface area contributed by atoms with E-state index in [0.29, 0.717) is 65.4 Å². The number of amides is 1. The van der Waals surface area contributed by atoms with Gasteiger partial charge in [0.25, 0.3) is 0 Å². The molecule has 7 rings (SSSR count). The van der Waals surface area contributed by atoms with Crippen LogP contribution in [0.25, 0.3) is 11.1 Å². The molecule has 3 atom stereocenters. The van der Waals surface area contributed by atoms with Crippen LogP contribution < -0.4 is 4.90 Å². The number of aliphatic imine (C=N–C) groups is 1. The van der Waals surface area contributed by atoms with Gasteiger partial charge in [-0.25, -0.2) is 18.2 Å². The number of thioether (sulfide) groups is 1. The number of benzene rings is 2. The second-order valence-corrected chi connectivity index (χ2v) is 14.1. The van der Waals surface area contributed by atoms with Crippen molar-refractivity contribution >= 4 is 40.8 Å². The number of carbonyl (C=O) groups excluding carboxylic acids is 1. The maximum Gasteiger partial charge on any atom is 0.246 e. The van der Waals surface area contributed by atoms with Gasteiger partial charge in [-0.15, -0.1) is 11.8 Å². The molecule has 5 heterocycles. The average molecular weight is 662 g/mol. The molecule has 1 spiro atoms. The maximum atomic E-state index is 15.2. The number of likely N-dealkylation sites (tertiary alicyclic amines) is 1. The maximum absolute atomic E-state index is 15.2. The number of ether oxygens (including phenoxy) is 1. The fourth-order valence-electron chi connectivity index (χ4n) is 7.29. The molecular formula is C32H35ClF3N5O3S. The Balaban J connectivity index is 1.29. The quantitative estimate of drug-likeness (QED) is 0.380. The number of anilines is 1. The monoisotopic (exact) mass is 661 g/mol. The van der Waals surface area contributed by atoms with Crippen LogP contribution in [0.5, 0.6) is 0 Å². The Morgan fingerprint density at radius 2 is 1.87 bits per heavy atom. The molecule has 1 N–H and O–H groups in total. The number of hydrogen-bond donors (Lipinski definition) is 1. The summed E-state index contributed by atoms with van der Waals surface area (Å²) in [5.74, 6) is -2.45. The second-order valence-electron chi connectivity index (χ2n) is 12.7. The van der Waals surface area contributed by atoms with E-state index < -0.39 is 23.8 Å². The lowest BCUT2D eigenvalue weighted by Gasteiger charge is -2.50. The zero-order chi connectivity index (χ0) is 31.6. The number of aliphatic hydroxyl groups excluding tert-OH is 1. The van der Waals surface area contributed by atoms with Crippen LogP contribution in [0, 0.1) is 22.9 Å². The first kappa shape index (κ1) is 30.9. The molecule has 2 aromatic carbocycles. The highest BCUT2D eigenvalue weighted by atomic mass is 35.5. The summed E-state index contributed by atoms with van der Waals surface area (Å²) in [6.07, 6.45) is 2.19. The van der Waals surface area contributed by atoms with Gasteiger partial charge in [0.15, 0.2) is 11.6 Å². The van der Waals surface area contributed by atoms with Gasteiger partial charge in [0, 0.05) is 71.0 Å². The first-order chi connectivity index (χ1) is 21.6. The lowest BCUT2D eigenvalue weighted by molar-refractivity contribution is -0.139. The number of piperazine rings is 1. The topological polar surface area (TPSA) is 71.9 Å². The van der Waals surface area contributed by atoms with Crippen molar-refractivity contribution in [2.75, 3.05) is 63.1 Å². The smallest absolute Gasteiger partial charge is 0.246 e. The van der Waals surface area contributed by atoms with Crippen LogP contribution in [0.15, 0.2) is 40.7 Å². The van der Waals surface area contributed by atoms with Gasteiger partial charge in [-0.05, 0) is 51.1 Å². The highest BCUT2D eigenvalue weighted by Gasteiger charge is 2.45. The summed E-state index contributed by atoms with van der Waals surface area (Å²) in [6.45, 7) is 11.1. The van der Waals surface area contributed by atoms with Gasteiger partial charge in [0.2, 0.25) is 12.3 Å². The third kappa shape index (κ3) is 5.32. The second kappa shape index (κ2) is 11.8. The lowest BCUT2D eigenvalue weighted by atomic mass is 9.77. The summed E-state index contributed by atoms with van der Waals surface area (Å²) < 4.78 is 49.1. The standard InChI is InChI=1S/C32H35ClF3N5O3S/c1-3-26(42)39-8-9-40(18(2)13-39)30-21-10-22(33)27(20-11-24(35)25(36)12-23(20)34)29-28(21)41(31(43)37-30)19(15-45-29)14-38-6-4-32(5-7-38)16-44-17-32/h3,10-12,18-19,31,43H,1,4-9,13-17H2,2H3/t18-,19-,31?/m0/s1. The number of halogens is 4. The molecule has 5 aliphatic heterocycles. The molecule has 3 saturated heterocycles. The van der Waals surface area contributed by atoms with Crippen LogP contribution in [0.1, 0.15) is 25.3 Å². The molecule has 0 saturated carbocycles. The minimum absolute atomic E-state index is 0.128. The number of amidine groups is 1. The lowest BCUT2D eigenvalue weighted by Crippen LogP contribution is -2.59. The van der Waals surface area contributed by atoms with Crippen molar-refractivity contribution in [1.29, 1.82) is 0 Å². The summed E-state index contributed by atoms with van der Waals surface area (Å²) in [4.78, 5) is 25.8. The van der Waals surface area contributed by atoms with Crippen LogP contribution in [-0.2, 0) is 9.53 Å².